The number of aryl methyl sites for hydroxylation is 1. The highest BCUT2D eigenvalue weighted by molar-refractivity contribution is 5.87. The summed E-state index contributed by atoms with van der Waals surface area (Å²) in [6.07, 6.45) is 7.46. The molecule has 4 aromatic heterocycles. The van der Waals surface area contributed by atoms with E-state index in [1.165, 1.54) is 6.92 Å². The molecule has 5 rings (SSSR count). The molecule has 4 aromatic rings. The molecule has 10 heteroatoms. The Morgan fingerprint density at radius 3 is 2.78 bits per heavy atom. The summed E-state index contributed by atoms with van der Waals surface area (Å²) in [5.41, 5.74) is 2.01. The SMILES string of the molecule is CC(=O)Nc1cc(Oc2ccn3nc(Nc4cc(C5CC5)cn(C)c4=O)nc3c2)ccn1. The van der Waals surface area contributed by atoms with E-state index in [9.17, 15) is 9.59 Å². The second-order valence-electron chi connectivity index (χ2n) is 7.76. The van der Waals surface area contributed by atoms with Crippen LogP contribution in [0.1, 0.15) is 31.2 Å². The van der Waals surface area contributed by atoms with Crippen molar-refractivity contribution in [3.8, 4) is 11.5 Å². The van der Waals surface area contributed by atoms with Gasteiger partial charge in [-0.05, 0) is 42.5 Å². The molecule has 1 amide bonds. The van der Waals surface area contributed by atoms with Gasteiger partial charge in [-0.2, -0.15) is 4.98 Å². The zero-order valence-corrected chi connectivity index (χ0v) is 17.6. The number of anilines is 3. The normalized spacial score (nSPS) is 13.2. The van der Waals surface area contributed by atoms with Gasteiger partial charge in [0.05, 0.1) is 0 Å². The summed E-state index contributed by atoms with van der Waals surface area (Å²) in [6.45, 7) is 1.41. The molecule has 0 bridgehead atoms. The van der Waals surface area contributed by atoms with E-state index in [4.69, 9.17) is 4.74 Å². The van der Waals surface area contributed by atoms with E-state index in [-0.39, 0.29) is 11.5 Å². The molecule has 0 saturated heterocycles. The maximum Gasteiger partial charge on any atom is 0.274 e. The van der Waals surface area contributed by atoms with Gasteiger partial charge < -0.3 is 19.9 Å². The van der Waals surface area contributed by atoms with Crippen LogP contribution in [0.15, 0.2) is 53.7 Å². The molecule has 0 aromatic carbocycles. The zero-order valence-electron chi connectivity index (χ0n) is 17.6. The van der Waals surface area contributed by atoms with Crippen LogP contribution in [0.4, 0.5) is 17.5 Å². The molecule has 10 nitrogen and oxygen atoms in total. The molecule has 0 spiro atoms. The number of aromatic nitrogens is 5. The van der Waals surface area contributed by atoms with Crippen LogP contribution in [-0.4, -0.2) is 30.1 Å². The van der Waals surface area contributed by atoms with Crippen LogP contribution in [0.5, 0.6) is 11.5 Å². The Labute approximate surface area is 182 Å². The molecule has 1 fully saturated rings. The second kappa shape index (κ2) is 7.80. The van der Waals surface area contributed by atoms with E-state index in [1.54, 1.807) is 52.8 Å². The fourth-order valence-electron chi connectivity index (χ4n) is 3.43. The Hall–Kier alpha value is -4.21. The summed E-state index contributed by atoms with van der Waals surface area (Å²) in [5, 5.41) is 10.1. The van der Waals surface area contributed by atoms with E-state index in [2.05, 4.69) is 25.7 Å². The molecule has 0 radical (unpaired) electrons. The maximum atomic E-state index is 12.5. The molecule has 4 heterocycles. The Morgan fingerprint density at radius 1 is 1.19 bits per heavy atom. The minimum absolute atomic E-state index is 0.134. The van der Waals surface area contributed by atoms with Crippen LogP contribution in [0, 0.1) is 0 Å². The highest BCUT2D eigenvalue weighted by Crippen LogP contribution is 2.40. The molecule has 162 valence electrons. The number of fused-ring (bicyclic) bond motifs is 1. The first kappa shape index (κ1) is 19.7. The molecule has 0 atom stereocenters. The quantitative estimate of drug-likeness (QED) is 0.482. The van der Waals surface area contributed by atoms with Gasteiger partial charge in [-0.15, -0.1) is 5.10 Å². The predicted molar refractivity (Wildman–Crippen MR) is 119 cm³/mol. The van der Waals surface area contributed by atoms with Crippen LogP contribution in [0.2, 0.25) is 0 Å². The Morgan fingerprint density at radius 2 is 2.00 bits per heavy atom. The van der Waals surface area contributed by atoms with E-state index in [0.29, 0.717) is 40.5 Å². The number of nitrogens with one attached hydrogen (secondary N) is 2. The molecule has 0 aliphatic heterocycles. The summed E-state index contributed by atoms with van der Waals surface area (Å²) in [4.78, 5) is 32.3. The van der Waals surface area contributed by atoms with Crippen molar-refractivity contribution >= 4 is 29.0 Å². The highest BCUT2D eigenvalue weighted by atomic mass is 16.5. The van der Waals surface area contributed by atoms with Crippen LogP contribution in [0.25, 0.3) is 5.65 Å². The van der Waals surface area contributed by atoms with Crippen molar-refractivity contribution in [3.63, 3.8) is 0 Å². The molecule has 1 aliphatic carbocycles. The van der Waals surface area contributed by atoms with Gasteiger partial charge in [-0.25, -0.2) is 9.50 Å². The van der Waals surface area contributed by atoms with Crippen molar-refractivity contribution in [2.24, 2.45) is 7.05 Å². The zero-order chi connectivity index (χ0) is 22.2. The summed E-state index contributed by atoms with van der Waals surface area (Å²) in [5.74, 6) is 2.10. The number of carbonyl (C=O) groups excluding carboxylic acids is 1. The number of rotatable bonds is 6. The summed E-state index contributed by atoms with van der Waals surface area (Å²) < 4.78 is 9.06. The monoisotopic (exact) mass is 431 g/mol. The summed E-state index contributed by atoms with van der Waals surface area (Å²) in [7, 11) is 1.75. The van der Waals surface area contributed by atoms with Gasteiger partial charge >= 0.3 is 0 Å². The van der Waals surface area contributed by atoms with Crippen molar-refractivity contribution in [3.05, 3.63) is 64.8 Å². The summed E-state index contributed by atoms with van der Waals surface area (Å²) in [6, 6.07) is 8.68. The number of amides is 1. The third kappa shape index (κ3) is 4.15. The lowest BCUT2D eigenvalue weighted by atomic mass is 10.2. The van der Waals surface area contributed by atoms with Crippen molar-refractivity contribution in [1.29, 1.82) is 0 Å². The number of pyridine rings is 3. The van der Waals surface area contributed by atoms with E-state index < -0.39 is 0 Å². The molecule has 32 heavy (non-hydrogen) atoms. The lowest BCUT2D eigenvalue weighted by Gasteiger charge is -2.07. The van der Waals surface area contributed by atoms with Gasteiger partial charge in [-0.1, -0.05) is 0 Å². The molecular weight excluding hydrogens is 410 g/mol. The average Bonchev–Trinajstić information content (AvgIpc) is 3.51. The largest absolute Gasteiger partial charge is 0.457 e. The fraction of sp³-hybridized carbons (Fsp3) is 0.227. The fourth-order valence-corrected chi connectivity index (χ4v) is 3.43. The van der Waals surface area contributed by atoms with Gasteiger partial charge in [0.25, 0.3) is 5.56 Å². The van der Waals surface area contributed by atoms with Crippen LogP contribution >= 0.6 is 0 Å². The van der Waals surface area contributed by atoms with Crippen molar-refractivity contribution in [2.45, 2.75) is 25.7 Å². The highest BCUT2D eigenvalue weighted by Gasteiger charge is 2.25. The standard InChI is InChI=1S/C22H21N7O3/c1-13(30)24-19-10-16(5-7-23-19)32-17-6-8-29-20(11-17)26-22(27-29)25-18-9-15(14-3-4-14)12-28(2)21(18)31/h5-12,14H,3-4H2,1-2H3,(H,25,27)(H,23,24,30). The topological polar surface area (TPSA) is 115 Å². The van der Waals surface area contributed by atoms with Gasteiger partial charge in [0.15, 0.2) is 5.65 Å². The first-order chi connectivity index (χ1) is 15.4. The third-order valence-corrected chi connectivity index (χ3v) is 5.08. The van der Waals surface area contributed by atoms with Crippen LogP contribution < -0.4 is 20.9 Å². The van der Waals surface area contributed by atoms with Gasteiger partial charge in [0, 0.05) is 44.7 Å². The summed E-state index contributed by atoms with van der Waals surface area (Å²) >= 11 is 0. The number of carbonyl (C=O) groups is 1. The Kier molecular flexibility index (Phi) is 4.81. The molecule has 2 N–H and O–H groups in total. The maximum absolute atomic E-state index is 12.5. The van der Waals surface area contributed by atoms with Crippen LogP contribution in [-0.2, 0) is 11.8 Å². The van der Waals surface area contributed by atoms with E-state index >= 15 is 0 Å². The first-order valence-corrected chi connectivity index (χ1v) is 10.2. The lowest BCUT2D eigenvalue weighted by molar-refractivity contribution is -0.114. The van der Waals surface area contributed by atoms with Gasteiger partial charge in [0.1, 0.15) is 23.0 Å². The van der Waals surface area contributed by atoms with E-state index in [1.807, 2.05) is 12.3 Å². The number of ether oxygens (including phenoxy) is 1. The Balaban J connectivity index is 1.38. The lowest BCUT2D eigenvalue weighted by Crippen LogP contribution is -2.20. The van der Waals surface area contributed by atoms with Gasteiger partial charge in [0.2, 0.25) is 11.9 Å². The second-order valence-corrected chi connectivity index (χ2v) is 7.76. The van der Waals surface area contributed by atoms with Crippen LogP contribution in [0.3, 0.4) is 0 Å². The van der Waals surface area contributed by atoms with Crippen molar-refractivity contribution in [1.82, 2.24) is 24.1 Å². The molecular formula is C22H21N7O3. The molecule has 1 saturated carbocycles. The predicted octanol–water partition coefficient (Wildman–Crippen LogP) is 3.19. The average molecular weight is 431 g/mol. The van der Waals surface area contributed by atoms with Crippen molar-refractivity contribution < 1.29 is 9.53 Å². The first-order valence-electron chi connectivity index (χ1n) is 10.2. The smallest absolute Gasteiger partial charge is 0.274 e. The third-order valence-electron chi connectivity index (χ3n) is 5.08. The van der Waals surface area contributed by atoms with Crippen molar-refractivity contribution in [2.75, 3.05) is 10.6 Å². The minimum atomic E-state index is -0.211. The number of nitrogens with zero attached hydrogens (tertiary/aromatic N) is 5. The van der Waals surface area contributed by atoms with E-state index in [0.717, 1.165) is 18.4 Å². The minimum Gasteiger partial charge on any atom is -0.457 e. The Bertz CT molecular complexity index is 1390. The number of hydrogen-bond acceptors (Lipinski definition) is 7. The number of hydrogen-bond donors (Lipinski definition) is 2. The van der Waals surface area contributed by atoms with Gasteiger partial charge in [-0.3, -0.25) is 9.59 Å². The molecule has 0 unspecified atom stereocenters. The molecule has 1 aliphatic rings.